The molecule has 0 N–H and O–H groups in total. The van der Waals surface area contributed by atoms with Gasteiger partial charge in [-0.25, -0.2) is 0 Å². The Kier molecular flexibility index (Phi) is 8.82. The molecule has 0 aromatic heterocycles. The van der Waals surface area contributed by atoms with Crippen molar-refractivity contribution < 1.29 is 0 Å². The zero-order valence-electron chi connectivity index (χ0n) is 9.61. The maximum Gasteiger partial charge on any atom is -0.0297 e. The number of fused-ring (bicyclic) bond motifs is 1. The molecule has 2 rings (SSSR count). The first-order valence-electron chi connectivity index (χ1n) is 5.81. The van der Waals surface area contributed by atoms with Gasteiger partial charge in [-0.15, -0.1) is 0 Å². The van der Waals surface area contributed by atoms with Gasteiger partial charge in [0, 0.05) is 0 Å². The minimum atomic E-state index is 0. The summed E-state index contributed by atoms with van der Waals surface area (Å²) in [5.74, 6) is 1.14. The van der Waals surface area contributed by atoms with E-state index in [0.29, 0.717) is 0 Å². The fourth-order valence-corrected chi connectivity index (χ4v) is 2.42. The molecule has 0 bridgehead atoms. The van der Waals surface area contributed by atoms with Crippen molar-refractivity contribution in [3.63, 3.8) is 0 Å². The van der Waals surface area contributed by atoms with Crippen LogP contribution in [0.1, 0.15) is 74.1 Å². The first-order chi connectivity index (χ1) is 5.81. The molecule has 2 saturated carbocycles. The first kappa shape index (κ1) is 15.5. The molecule has 0 radical (unpaired) electrons. The van der Waals surface area contributed by atoms with Crippen LogP contribution in [0.4, 0.5) is 0 Å². The zero-order valence-corrected chi connectivity index (χ0v) is 9.61. The molecule has 0 spiro atoms. The average Bonchev–Trinajstić information content (AvgIpc) is 2.39. The summed E-state index contributed by atoms with van der Waals surface area (Å²) in [4.78, 5) is 0. The lowest BCUT2D eigenvalue weighted by atomic mass is 9.64. The van der Waals surface area contributed by atoms with Crippen molar-refractivity contribution >= 4 is 0 Å². The van der Waals surface area contributed by atoms with Crippen molar-refractivity contribution in [2.24, 2.45) is 11.3 Å². The molecule has 2 unspecified atom stereocenters. The molecule has 2 atom stereocenters. The lowest BCUT2D eigenvalue weighted by Crippen LogP contribution is -2.31. The SMILES string of the molecule is C.CC.CC.CC12CCCC1CC2. The van der Waals surface area contributed by atoms with Gasteiger partial charge >= 0.3 is 0 Å². The Balaban J connectivity index is 0. The molecular formula is C13H30. The van der Waals surface area contributed by atoms with Gasteiger partial charge in [-0.1, -0.05) is 48.5 Å². The van der Waals surface area contributed by atoms with Crippen LogP contribution in [0, 0.1) is 11.3 Å². The fourth-order valence-electron chi connectivity index (χ4n) is 2.42. The van der Waals surface area contributed by atoms with Crippen LogP contribution < -0.4 is 0 Å². The molecule has 0 aromatic carbocycles. The predicted molar refractivity (Wildman–Crippen MR) is 64.1 cm³/mol. The molecule has 2 fully saturated rings. The molecule has 0 heterocycles. The molecule has 0 aromatic rings. The van der Waals surface area contributed by atoms with E-state index in [1.165, 1.54) is 32.1 Å². The molecule has 0 heteroatoms. The third-order valence-corrected chi connectivity index (χ3v) is 3.35. The van der Waals surface area contributed by atoms with E-state index in [4.69, 9.17) is 0 Å². The smallest absolute Gasteiger partial charge is 0.0297 e. The normalized spacial score (nSPS) is 33.5. The Bertz CT molecular complexity index is 107. The van der Waals surface area contributed by atoms with Crippen LogP contribution in [0.5, 0.6) is 0 Å². The summed E-state index contributed by atoms with van der Waals surface area (Å²) >= 11 is 0. The second-order valence-corrected chi connectivity index (χ2v) is 3.78. The molecule has 2 aliphatic rings. The molecule has 0 aliphatic heterocycles. The third-order valence-electron chi connectivity index (χ3n) is 3.35. The van der Waals surface area contributed by atoms with Gasteiger partial charge in [-0.3, -0.25) is 0 Å². The van der Waals surface area contributed by atoms with E-state index in [1.54, 1.807) is 0 Å². The second kappa shape index (κ2) is 7.41. The van der Waals surface area contributed by atoms with E-state index in [-0.39, 0.29) is 7.43 Å². The van der Waals surface area contributed by atoms with Crippen LogP contribution in [0.3, 0.4) is 0 Å². The van der Waals surface area contributed by atoms with Gasteiger partial charge in [-0.2, -0.15) is 0 Å². The number of rotatable bonds is 0. The van der Waals surface area contributed by atoms with E-state index in [9.17, 15) is 0 Å². The molecule has 0 amide bonds. The Morgan fingerprint density at radius 3 is 1.62 bits per heavy atom. The van der Waals surface area contributed by atoms with E-state index in [1.807, 2.05) is 27.7 Å². The van der Waals surface area contributed by atoms with Gasteiger partial charge in [0.05, 0.1) is 0 Å². The monoisotopic (exact) mass is 186 g/mol. The van der Waals surface area contributed by atoms with Crippen molar-refractivity contribution in [3.8, 4) is 0 Å². The van der Waals surface area contributed by atoms with E-state index >= 15 is 0 Å². The van der Waals surface area contributed by atoms with E-state index < -0.39 is 0 Å². The minimum absolute atomic E-state index is 0. The lowest BCUT2D eigenvalue weighted by molar-refractivity contribution is 0.0882. The average molecular weight is 186 g/mol. The Morgan fingerprint density at radius 1 is 0.923 bits per heavy atom. The predicted octanol–water partition coefficient (Wildman–Crippen LogP) is 5.28. The first-order valence-corrected chi connectivity index (χ1v) is 5.81. The third kappa shape index (κ3) is 3.32. The highest BCUT2D eigenvalue weighted by atomic mass is 14.5. The van der Waals surface area contributed by atoms with E-state index in [2.05, 4.69) is 6.92 Å². The Hall–Kier alpha value is 0. The summed E-state index contributed by atoms with van der Waals surface area (Å²) in [7, 11) is 0. The highest BCUT2D eigenvalue weighted by Gasteiger charge is 2.45. The number of hydrogen-bond donors (Lipinski definition) is 0. The van der Waals surface area contributed by atoms with Gasteiger partial charge in [0.25, 0.3) is 0 Å². The topological polar surface area (TPSA) is 0 Å². The summed E-state index contributed by atoms with van der Waals surface area (Å²) in [5.41, 5.74) is 0.833. The molecule has 82 valence electrons. The molecule has 2 aliphatic carbocycles. The maximum atomic E-state index is 2.47. The molecule has 0 nitrogen and oxygen atoms in total. The van der Waals surface area contributed by atoms with Gasteiger partial charge in [0.15, 0.2) is 0 Å². The van der Waals surface area contributed by atoms with Crippen LogP contribution in [0.2, 0.25) is 0 Å². The highest BCUT2D eigenvalue weighted by Crippen LogP contribution is 2.56. The van der Waals surface area contributed by atoms with Crippen LogP contribution >= 0.6 is 0 Å². The minimum Gasteiger partial charge on any atom is -0.0776 e. The summed E-state index contributed by atoms with van der Waals surface area (Å²) in [6.45, 7) is 10.5. The standard InChI is InChI=1S/C8H14.2C2H6.CH4/c1-8-5-2-3-7(8)4-6-8;2*1-2;/h7H,2-6H2,1H3;2*1-2H3;1H4. The van der Waals surface area contributed by atoms with Gasteiger partial charge < -0.3 is 0 Å². The quantitative estimate of drug-likeness (QED) is 0.483. The number of hydrogen-bond acceptors (Lipinski definition) is 0. The van der Waals surface area contributed by atoms with Crippen molar-refractivity contribution in [2.45, 2.75) is 74.1 Å². The summed E-state index contributed by atoms with van der Waals surface area (Å²) in [6.07, 6.45) is 7.64. The van der Waals surface area contributed by atoms with Gasteiger partial charge in [0.2, 0.25) is 0 Å². The van der Waals surface area contributed by atoms with Crippen LogP contribution in [-0.2, 0) is 0 Å². The largest absolute Gasteiger partial charge is 0.0776 e. The van der Waals surface area contributed by atoms with Crippen molar-refractivity contribution in [1.29, 1.82) is 0 Å². The zero-order chi connectivity index (χ0) is 9.61. The molecule has 0 saturated heterocycles. The highest BCUT2D eigenvalue weighted by molar-refractivity contribution is 4.96. The van der Waals surface area contributed by atoms with Crippen molar-refractivity contribution in [3.05, 3.63) is 0 Å². The van der Waals surface area contributed by atoms with Crippen LogP contribution in [0.15, 0.2) is 0 Å². The van der Waals surface area contributed by atoms with Crippen LogP contribution in [-0.4, -0.2) is 0 Å². The second-order valence-electron chi connectivity index (χ2n) is 3.78. The van der Waals surface area contributed by atoms with Crippen molar-refractivity contribution in [2.75, 3.05) is 0 Å². The Morgan fingerprint density at radius 2 is 1.46 bits per heavy atom. The lowest BCUT2D eigenvalue weighted by Gasteiger charge is -2.42. The van der Waals surface area contributed by atoms with Crippen molar-refractivity contribution in [1.82, 2.24) is 0 Å². The van der Waals surface area contributed by atoms with Gasteiger partial charge in [0.1, 0.15) is 0 Å². The summed E-state index contributed by atoms with van der Waals surface area (Å²) < 4.78 is 0. The maximum absolute atomic E-state index is 2.47. The molecular weight excluding hydrogens is 156 g/mol. The fraction of sp³-hybridized carbons (Fsp3) is 1.00. The van der Waals surface area contributed by atoms with Gasteiger partial charge in [-0.05, 0) is 37.0 Å². The van der Waals surface area contributed by atoms with E-state index in [0.717, 1.165) is 11.3 Å². The van der Waals surface area contributed by atoms with Crippen LogP contribution in [0.25, 0.3) is 0 Å². The molecule has 13 heavy (non-hydrogen) atoms. The summed E-state index contributed by atoms with van der Waals surface area (Å²) in [6, 6.07) is 0. The summed E-state index contributed by atoms with van der Waals surface area (Å²) in [5, 5.41) is 0. The Labute approximate surface area is 86.1 Å².